The lowest BCUT2D eigenvalue weighted by Gasteiger charge is -2.28. The van der Waals surface area contributed by atoms with E-state index in [1.54, 1.807) is 60.8 Å². The largest absolute Gasteiger partial charge is 0.391 e. The number of thiol groups is 2. The van der Waals surface area contributed by atoms with Crippen LogP contribution in [-0.4, -0.2) is 178 Å². The molecule has 29 heteroatoms. The summed E-state index contributed by atoms with van der Waals surface area (Å²) in [6.07, 6.45) is 2.25. The van der Waals surface area contributed by atoms with E-state index in [1.807, 2.05) is 6.92 Å². The number of carbonyl (C=O) groups excluding carboxylic acids is 10. The summed E-state index contributed by atoms with van der Waals surface area (Å²) in [5.41, 5.74) is 13.0. The van der Waals surface area contributed by atoms with Crippen LogP contribution in [0.3, 0.4) is 0 Å². The molecule has 0 radical (unpaired) electrons. The molecule has 2 aromatic carbocycles. The van der Waals surface area contributed by atoms with Crippen molar-refractivity contribution in [1.29, 1.82) is 5.41 Å². The molecule has 10 amide bonds. The second kappa shape index (κ2) is 37.7. The van der Waals surface area contributed by atoms with Gasteiger partial charge in [0.15, 0.2) is 5.96 Å². The molecular weight excluding hydrogens is 1130 g/mol. The molecule has 0 aliphatic rings. The predicted octanol–water partition coefficient (Wildman–Crippen LogP) is -2.71. The van der Waals surface area contributed by atoms with E-state index in [-0.39, 0.29) is 56.1 Å². The average molecular weight is 1210 g/mol. The first-order valence-electron chi connectivity index (χ1n) is 27.9. The van der Waals surface area contributed by atoms with Crippen molar-refractivity contribution in [2.45, 2.75) is 152 Å². The van der Waals surface area contributed by atoms with Gasteiger partial charge in [0.1, 0.15) is 48.3 Å². The zero-order valence-electron chi connectivity index (χ0n) is 47.9. The second-order valence-corrected chi connectivity index (χ2v) is 20.9. The summed E-state index contributed by atoms with van der Waals surface area (Å²) in [7, 11) is 0. The van der Waals surface area contributed by atoms with Crippen LogP contribution in [0.2, 0.25) is 0 Å². The molecule has 19 N–H and O–H groups in total. The van der Waals surface area contributed by atoms with Crippen LogP contribution in [0.15, 0.2) is 60.8 Å². The van der Waals surface area contributed by atoms with Crippen LogP contribution in [0.4, 0.5) is 0 Å². The summed E-state index contributed by atoms with van der Waals surface area (Å²) in [4.78, 5) is 138. The highest BCUT2D eigenvalue weighted by Gasteiger charge is 2.36. The minimum absolute atomic E-state index is 0.0433. The van der Waals surface area contributed by atoms with E-state index in [1.165, 1.54) is 20.8 Å². The highest BCUT2D eigenvalue weighted by molar-refractivity contribution is 7.80. The minimum Gasteiger partial charge on any atom is -0.391 e. The first-order valence-corrected chi connectivity index (χ1v) is 29.2. The third-order valence-corrected chi connectivity index (χ3v) is 13.9. The molecule has 0 unspecified atom stereocenters. The van der Waals surface area contributed by atoms with Gasteiger partial charge in [0.25, 0.3) is 0 Å². The van der Waals surface area contributed by atoms with Crippen LogP contribution in [0.1, 0.15) is 90.2 Å². The standard InChI is InChI=1S/C55H85N15O12S2/c1-5-6-23-59-55(58)60-24-15-13-21-38(63-33(4)73)48(76)62-28-44(74)64-42(29-83)52(80)66-40(25-34-16-8-7-9-17-34)50(78)67-41(26-35-27-61-37-19-11-10-18-36(35)37)51(79)65-39(20-12-14-22-56)49(77)70-46(32(3)72)54(82)68-43(30-84)53(81)69-45(31(2)71)47(57)75/h7-11,16-19,27,31-32,38-43,45-46,61,71-72,83-84H,5-6,12-15,20-26,28-30,56H2,1-4H3,(H2,57,75)(H,62,76)(H,63,73)(H,64,74)(H,65,79)(H,66,80)(H,67,78)(H,68,82)(H,69,81)(H,70,77)(H3,58,59,60)/t31-,32-,38-,39+,40+,41-,42+,43+,45+,46+/m1/s1. The number of rotatable bonds is 38. The maximum Gasteiger partial charge on any atom is 0.245 e. The molecule has 1 aromatic heterocycles. The smallest absolute Gasteiger partial charge is 0.245 e. The number of unbranched alkanes of at least 4 members (excludes halogenated alkanes) is 3. The Balaban J connectivity index is 1.86. The number of carbonyl (C=O) groups is 10. The van der Waals surface area contributed by atoms with Crippen molar-refractivity contribution in [1.82, 2.24) is 63.5 Å². The first kappa shape index (κ1) is 70.8. The highest BCUT2D eigenvalue weighted by Crippen LogP contribution is 2.20. The lowest BCUT2D eigenvalue weighted by molar-refractivity contribution is -0.137. The zero-order chi connectivity index (χ0) is 62.3. The van der Waals surface area contributed by atoms with Gasteiger partial charge in [-0.15, -0.1) is 0 Å². The molecule has 27 nitrogen and oxygen atoms in total. The Hall–Kier alpha value is -7.47. The Kier molecular flexibility index (Phi) is 31.8. The Morgan fingerprint density at radius 2 is 1.07 bits per heavy atom. The fraction of sp³-hybridized carbons (Fsp3) is 0.545. The number of aromatic amines is 1. The third kappa shape index (κ3) is 24.8. The molecule has 0 spiro atoms. The number of aromatic nitrogens is 1. The topological polar surface area (TPSA) is 435 Å². The number of primary amides is 1. The van der Waals surface area contributed by atoms with E-state index in [2.05, 4.69) is 88.7 Å². The molecule has 0 saturated carbocycles. The van der Waals surface area contributed by atoms with Gasteiger partial charge < -0.3 is 85.1 Å². The van der Waals surface area contributed by atoms with E-state index in [9.17, 15) is 58.2 Å². The molecule has 464 valence electrons. The van der Waals surface area contributed by atoms with Gasteiger partial charge >= 0.3 is 0 Å². The number of guanidine groups is 1. The molecule has 0 bridgehead atoms. The molecule has 3 aromatic rings. The van der Waals surface area contributed by atoms with E-state index < -0.39 is 126 Å². The lowest BCUT2D eigenvalue weighted by Crippen LogP contribution is -2.62. The monoisotopic (exact) mass is 1210 g/mol. The molecule has 3 rings (SSSR count). The number of hydrogen-bond acceptors (Lipinski definition) is 16. The summed E-state index contributed by atoms with van der Waals surface area (Å²) in [5, 5.41) is 58.1. The molecule has 0 aliphatic carbocycles. The maximum absolute atomic E-state index is 14.7. The molecule has 0 fully saturated rings. The number of amides is 10. The molecule has 84 heavy (non-hydrogen) atoms. The summed E-state index contributed by atoms with van der Waals surface area (Å²) in [5.74, 6) is -8.87. The van der Waals surface area contributed by atoms with Crippen molar-refractivity contribution in [2.75, 3.05) is 37.7 Å². The number of aliphatic hydroxyl groups is 2. The van der Waals surface area contributed by atoms with Crippen LogP contribution < -0.4 is 70.0 Å². The average Bonchev–Trinajstić information content (AvgIpc) is 4.09. The summed E-state index contributed by atoms with van der Waals surface area (Å²) in [6, 6.07) is 4.49. The summed E-state index contributed by atoms with van der Waals surface area (Å²) < 4.78 is 0. The maximum atomic E-state index is 14.7. The summed E-state index contributed by atoms with van der Waals surface area (Å²) in [6.45, 7) is 6.45. The quantitative estimate of drug-likeness (QED) is 0.0120. The lowest BCUT2D eigenvalue weighted by atomic mass is 10.0. The van der Waals surface area contributed by atoms with Crippen LogP contribution >= 0.6 is 25.3 Å². The van der Waals surface area contributed by atoms with Gasteiger partial charge in [-0.2, -0.15) is 25.3 Å². The third-order valence-electron chi connectivity index (χ3n) is 13.2. The number of H-pyrrole nitrogens is 1. The Labute approximate surface area is 499 Å². The Morgan fingerprint density at radius 3 is 1.65 bits per heavy atom. The number of aliphatic hydroxyl groups excluding tert-OH is 2. The van der Waals surface area contributed by atoms with Crippen LogP contribution in [0.25, 0.3) is 10.9 Å². The molecule has 10 atom stereocenters. The van der Waals surface area contributed by atoms with Gasteiger partial charge in [0.2, 0.25) is 59.1 Å². The van der Waals surface area contributed by atoms with Gasteiger partial charge in [-0.3, -0.25) is 53.4 Å². The Morgan fingerprint density at radius 1 is 0.571 bits per heavy atom. The zero-order valence-corrected chi connectivity index (χ0v) is 49.7. The SMILES string of the molecule is CCCCNC(=N)NCCCC[C@@H](NC(C)=O)C(=O)NCC(=O)N[C@@H](CS)C(=O)N[C@@H](Cc1ccccc1)C(=O)N[C@H](Cc1c[nH]c2ccccc12)C(=O)N[C@@H](CCCCN)C(=O)N[C@H](C(=O)N[C@@H](CS)C(=O)N[C@H](C(N)=O)[C@@H](C)O)[C@@H](C)O. The molecular formula is C55H85N15O12S2. The van der Waals surface area contributed by atoms with E-state index >= 15 is 0 Å². The Bertz CT molecular complexity index is 2660. The van der Waals surface area contributed by atoms with Crippen LogP contribution in [0.5, 0.6) is 0 Å². The number of nitrogens with two attached hydrogens (primary N) is 2. The highest BCUT2D eigenvalue weighted by atomic mass is 32.1. The molecule has 0 saturated heterocycles. The van der Waals surface area contributed by atoms with Crippen molar-refractivity contribution >= 4 is 101 Å². The number of hydrogen-bond donors (Lipinski definition) is 19. The van der Waals surface area contributed by atoms with Gasteiger partial charge in [-0.1, -0.05) is 61.9 Å². The fourth-order valence-electron chi connectivity index (χ4n) is 8.55. The van der Waals surface area contributed by atoms with Crippen molar-refractivity contribution < 1.29 is 58.2 Å². The van der Waals surface area contributed by atoms with Crippen molar-refractivity contribution in [3.63, 3.8) is 0 Å². The molecule has 0 aliphatic heterocycles. The number of para-hydroxylation sites is 1. The molecule has 1 heterocycles. The summed E-state index contributed by atoms with van der Waals surface area (Å²) >= 11 is 8.42. The predicted molar refractivity (Wildman–Crippen MR) is 322 cm³/mol. The van der Waals surface area contributed by atoms with E-state index in [0.717, 1.165) is 12.8 Å². The van der Waals surface area contributed by atoms with Crippen molar-refractivity contribution in [2.24, 2.45) is 11.5 Å². The van der Waals surface area contributed by atoms with Crippen LogP contribution in [0, 0.1) is 5.41 Å². The number of fused-ring (bicyclic) bond motifs is 1. The fourth-order valence-corrected chi connectivity index (χ4v) is 9.06. The van der Waals surface area contributed by atoms with Crippen molar-refractivity contribution in [3.05, 3.63) is 71.9 Å². The van der Waals surface area contributed by atoms with Gasteiger partial charge in [0, 0.05) is 61.5 Å². The normalized spacial score (nSPS) is 14.6. The van der Waals surface area contributed by atoms with Gasteiger partial charge in [-0.05, 0) is 82.5 Å². The number of nitrogens with one attached hydrogen (secondary N) is 13. The minimum atomic E-state index is -1.73. The van der Waals surface area contributed by atoms with Gasteiger partial charge in [-0.25, -0.2) is 0 Å². The second-order valence-electron chi connectivity index (χ2n) is 20.2. The van der Waals surface area contributed by atoms with Crippen LogP contribution in [-0.2, 0) is 60.8 Å². The van der Waals surface area contributed by atoms with Gasteiger partial charge in [0.05, 0.1) is 18.8 Å². The number of benzene rings is 2. The first-order chi connectivity index (χ1) is 40.0. The van der Waals surface area contributed by atoms with Crippen molar-refractivity contribution in [3.8, 4) is 0 Å². The van der Waals surface area contributed by atoms with E-state index in [4.69, 9.17) is 16.9 Å². The van der Waals surface area contributed by atoms with E-state index in [0.29, 0.717) is 54.4 Å².